The summed E-state index contributed by atoms with van der Waals surface area (Å²) in [4.78, 5) is 32.7. The Morgan fingerprint density at radius 1 is 1.17 bits per heavy atom. The molecule has 1 fully saturated rings. The average Bonchev–Trinajstić information content (AvgIpc) is 2.77. The predicted molar refractivity (Wildman–Crippen MR) is 108 cm³/mol. The molecule has 1 aliphatic rings. The third-order valence-electron chi connectivity index (χ3n) is 4.76. The van der Waals surface area contributed by atoms with Gasteiger partial charge in [0.05, 0.1) is 9.82 Å². The van der Waals surface area contributed by atoms with E-state index in [4.69, 9.17) is 0 Å². The fourth-order valence-electron chi connectivity index (χ4n) is 3.16. The fourth-order valence-corrected chi connectivity index (χ4v) is 4.23. The molecular weight excluding hydrogens is 412 g/mol. The van der Waals surface area contributed by atoms with Gasteiger partial charge in [-0.25, -0.2) is 23.1 Å². The van der Waals surface area contributed by atoms with Crippen molar-refractivity contribution in [1.29, 1.82) is 0 Å². The number of nitro groups is 1. The van der Waals surface area contributed by atoms with Crippen molar-refractivity contribution in [2.75, 3.05) is 31.1 Å². The van der Waals surface area contributed by atoms with Crippen LogP contribution >= 0.6 is 0 Å². The van der Waals surface area contributed by atoms with Gasteiger partial charge in [0, 0.05) is 56.6 Å². The van der Waals surface area contributed by atoms with Crippen LogP contribution in [0.2, 0.25) is 0 Å². The maximum atomic E-state index is 12.3. The highest BCUT2D eigenvalue weighted by molar-refractivity contribution is 7.89. The van der Waals surface area contributed by atoms with Crippen LogP contribution in [0.3, 0.4) is 0 Å². The van der Waals surface area contributed by atoms with Crippen LogP contribution in [-0.2, 0) is 14.8 Å². The lowest BCUT2D eigenvalue weighted by Gasteiger charge is -2.31. The molecule has 2 N–H and O–H groups in total. The van der Waals surface area contributed by atoms with Gasteiger partial charge in [-0.1, -0.05) is 6.07 Å². The van der Waals surface area contributed by atoms with Crippen molar-refractivity contribution < 1.29 is 18.1 Å². The van der Waals surface area contributed by atoms with E-state index in [9.17, 15) is 23.3 Å². The van der Waals surface area contributed by atoms with Crippen molar-refractivity contribution in [1.82, 2.24) is 20.0 Å². The minimum atomic E-state index is -3.90. The summed E-state index contributed by atoms with van der Waals surface area (Å²) >= 11 is 0. The summed E-state index contributed by atoms with van der Waals surface area (Å²) in [5.74, 6) is 0.364. The number of nitrogens with one attached hydrogen (secondary N) is 2. The van der Waals surface area contributed by atoms with Crippen LogP contribution in [-0.4, -0.2) is 55.4 Å². The van der Waals surface area contributed by atoms with Gasteiger partial charge >= 0.3 is 0 Å². The first-order valence-corrected chi connectivity index (χ1v) is 10.9. The van der Waals surface area contributed by atoms with Gasteiger partial charge in [-0.05, 0) is 25.0 Å². The molecule has 2 aromatic rings. The monoisotopic (exact) mass is 434 g/mol. The second-order valence-corrected chi connectivity index (χ2v) is 8.52. The van der Waals surface area contributed by atoms with E-state index in [0.29, 0.717) is 31.9 Å². The molecule has 160 valence electrons. The first-order chi connectivity index (χ1) is 14.4. The Morgan fingerprint density at radius 2 is 1.87 bits per heavy atom. The Kier molecular flexibility index (Phi) is 6.90. The molecule has 0 aliphatic carbocycles. The van der Waals surface area contributed by atoms with Crippen LogP contribution in [0.4, 0.5) is 11.6 Å². The molecule has 1 amide bonds. The van der Waals surface area contributed by atoms with Gasteiger partial charge < -0.3 is 10.2 Å². The summed E-state index contributed by atoms with van der Waals surface area (Å²) in [5.41, 5.74) is -0.307. The van der Waals surface area contributed by atoms with Crippen molar-refractivity contribution in [2.45, 2.75) is 17.7 Å². The minimum Gasteiger partial charge on any atom is -0.355 e. The third kappa shape index (κ3) is 5.48. The zero-order chi connectivity index (χ0) is 21.6. The Balaban J connectivity index is 1.43. The van der Waals surface area contributed by atoms with Crippen LogP contribution in [0.1, 0.15) is 12.8 Å². The van der Waals surface area contributed by atoms with Gasteiger partial charge in [-0.15, -0.1) is 0 Å². The highest BCUT2D eigenvalue weighted by Crippen LogP contribution is 2.20. The predicted octanol–water partition coefficient (Wildman–Crippen LogP) is 0.696. The lowest BCUT2D eigenvalue weighted by molar-refractivity contribution is -0.385. The molecule has 0 unspecified atom stereocenters. The quantitative estimate of drug-likeness (QED) is 0.350. The molecule has 30 heavy (non-hydrogen) atoms. The summed E-state index contributed by atoms with van der Waals surface area (Å²) in [6.07, 6.45) is 4.67. The maximum absolute atomic E-state index is 12.3. The number of rotatable bonds is 8. The lowest BCUT2D eigenvalue weighted by Crippen LogP contribution is -2.43. The number of carbonyl (C=O) groups is 1. The van der Waals surface area contributed by atoms with Gasteiger partial charge in [0.25, 0.3) is 5.69 Å². The van der Waals surface area contributed by atoms with Crippen LogP contribution in [0.25, 0.3) is 0 Å². The van der Waals surface area contributed by atoms with E-state index in [2.05, 4.69) is 20.0 Å². The summed E-state index contributed by atoms with van der Waals surface area (Å²) < 4.78 is 26.9. The van der Waals surface area contributed by atoms with E-state index in [1.54, 1.807) is 18.5 Å². The van der Waals surface area contributed by atoms with E-state index < -0.39 is 14.9 Å². The number of sulfonamides is 1. The summed E-state index contributed by atoms with van der Waals surface area (Å²) in [6.45, 7) is 1.44. The summed E-state index contributed by atoms with van der Waals surface area (Å²) in [7, 11) is -3.90. The van der Waals surface area contributed by atoms with Gasteiger partial charge in [-0.3, -0.25) is 14.9 Å². The van der Waals surface area contributed by atoms with Crippen LogP contribution < -0.4 is 14.9 Å². The Bertz CT molecular complexity index is 993. The van der Waals surface area contributed by atoms with Crippen molar-refractivity contribution in [3.05, 3.63) is 52.8 Å². The number of hydrogen-bond acceptors (Lipinski definition) is 8. The number of aromatic nitrogens is 2. The Morgan fingerprint density at radius 3 is 2.53 bits per heavy atom. The van der Waals surface area contributed by atoms with Crippen molar-refractivity contribution in [3.8, 4) is 0 Å². The lowest BCUT2D eigenvalue weighted by atomic mass is 9.96. The number of anilines is 1. The molecule has 1 aromatic carbocycles. The summed E-state index contributed by atoms with van der Waals surface area (Å²) in [6, 6.07) is 6.54. The zero-order valence-electron chi connectivity index (χ0n) is 16.1. The average molecular weight is 434 g/mol. The molecule has 0 bridgehead atoms. The molecule has 0 radical (unpaired) electrons. The number of hydrogen-bond donors (Lipinski definition) is 2. The first-order valence-electron chi connectivity index (χ1n) is 9.40. The number of non-ortho nitro benzene ring substituents is 1. The van der Waals surface area contributed by atoms with Crippen molar-refractivity contribution >= 4 is 27.6 Å². The van der Waals surface area contributed by atoms with Gasteiger partial charge in [0.2, 0.25) is 21.9 Å². The second-order valence-electron chi connectivity index (χ2n) is 6.75. The molecule has 11 nitrogen and oxygen atoms in total. The van der Waals surface area contributed by atoms with Gasteiger partial charge in [-0.2, -0.15) is 0 Å². The SMILES string of the molecule is O=C(NCCNS(=O)(=O)c1cccc([N+](=O)[O-])c1)C1CCN(c2ncccn2)CC1. The van der Waals surface area contributed by atoms with E-state index in [1.165, 1.54) is 18.2 Å². The molecule has 0 saturated carbocycles. The molecule has 1 aliphatic heterocycles. The van der Waals surface area contributed by atoms with Crippen LogP contribution in [0.15, 0.2) is 47.6 Å². The van der Waals surface area contributed by atoms with E-state index in [1.807, 2.05) is 4.90 Å². The number of carbonyl (C=O) groups excluding carboxylic acids is 1. The standard InChI is InChI=1S/C18H22N6O5S/c25-17(14-5-11-23(12-6-14)18-20-7-2-8-21-18)19-9-10-22-30(28,29)16-4-1-3-15(13-16)24(26)27/h1-4,7-8,13-14,22H,5-6,9-12H2,(H,19,25). The smallest absolute Gasteiger partial charge is 0.270 e. The number of piperidine rings is 1. The number of nitro benzene ring substituents is 1. The number of nitrogens with zero attached hydrogens (tertiary/aromatic N) is 4. The largest absolute Gasteiger partial charge is 0.355 e. The maximum Gasteiger partial charge on any atom is 0.270 e. The number of benzene rings is 1. The minimum absolute atomic E-state index is 0.0204. The molecule has 1 saturated heterocycles. The molecule has 3 rings (SSSR count). The van der Waals surface area contributed by atoms with Gasteiger partial charge in [0.15, 0.2) is 0 Å². The van der Waals surface area contributed by atoms with Crippen LogP contribution in [0, 0.1) is 16.0 Å². The van der Waals surface area contributed by atoms with Crippen molar-refractivity contribution in [2.24, 2.45) is 5.92 Å². The normalized spacial score (nSPS) is 15.0. The van der Waals surface area contributed by atoms with Crippen molar-refractivity contribution in [3.63, 3.8) is 0 Å². The fraction of sp³-hybridized carbons (Fsp3) is 0.389. The molecular formula is C18H22N6O5S. The Hall–Kier alpha value is -3.12. The molecule has 0 spiro atoms. The third-order valence-corrected chi connectivity index (χ3v) is 6.21. The van der Waals surface area contributed by atoms with Gasteiger partial charge in [0.1, 0.15) is 0 Å². The number of amides is 1. The highest BCUT2D eigenvalue weighted by Gasteiger charge is 2.26. The molecule has 1 aromatic heterocycles. The molecule has 2 heterocycles. The zero-order valence-corrected chi connectivity index (χ0v) is 16.9. The Labute approximate surface area is 173 Å². The van der Waals surface area contributed by atoms with Crippen LogP contribution in [0.5, 0.6) is 0 Å². The highest BCUT2D eigenvalue weighted by atomic mass is 32.2. The van der Waals surface area contributed by atoms with E-state index in [-0.39, 0.29) is 35.5 Å². The molecule has 0 atom stereocenters. The van der Waals surface area contributed by atoms with E-state index >= 15 is 0 Å². The summed E-state index contributed by atoms with van der Waals surface area (Å²) in [5, 5.41) is 13.5. The first kappa shape index (κ1) is 21.6. The topological polar surface area (TPSA) is 147 Å². The molecule has 12 heteroatoms. The van der Waals surface area contributed by atoms with E-state index in [0.717, 1.165) is 6.07 Å². The second kappa shape index (κ2) is 9.59.